The first-order valence-electron chi connectivity index (χ1n) is 10.5. The van der Waals surface area contributed by atoms with Crippen LogP contribution in [0.1, 0.15) is 24.8 Å². The van der Waals surface area contributed by atoms with Crippen LogP contribution in [0.25, 0.3) is 5.57 Å². The number of methoxy groups -OCH3 is 1. The minimum Gasteiger partial charge on any atom is -0.496 e. The van der Waals surface area contributed by atoms with Gasteiger partial charge in [-0.1, -0.05) is 18.2 Å². The number of carbonyl (C=O) groups is 2. The molecule has 0 radical (unpaired) electrons. The van der Waals surface area contributed by atoms with Crippen molar-refractivity contribution in [3.8, 4) is 5.75 Å². The number of benzene rings is 1. The Bertz CT molecular complexity index is 795. The molecule has 2 amide bonds. The van der Waals surface area contributed by atoms with Crippen molar-refractivity contribution in [3.05, 3.63) is 35.5 Å². The molecule has 29 heavy (non-hydrogen) atoms. The van der Waals surface area contributed by atoms with E-state index in [0.717, 1.165) is 45.4 Å². The number of ether oxygens (including phenoxy) is 2. The minimum absolute atomic E-state index is 0.175. The van der Waals surface area contributed by atoms with Crippen molar-refractivity contribution in [2.75, 3.05) is 59.6 Å². The van der Waals surface area contributed by atoms with E-state index in [-0.39, 0.29) is 11.8 Å². The summed E-state index contributed by atoms with van der Waals surface area (Å²) in [5.74, 6) is 0.229. The van der Waals surface area contributed by atoms with Crippen LogP contribution in [0.3, 0.4) is 0 Å². The van der Waals surface area contributed by atoms with Gasteiger partial charge in [-0.2, -0.15) is 0 Å². The molecule has 0 spiro atoms. The summed E-state index contributed by atoms with van der Waals surface area (Å²) in [6.45, 7) is 5.76. The van der Waals surface area contributed by atoms with E-state index in [9.17, 15) is 9.59 Å². The van der Waals surface area contributed by atoms with Gasteiger partial charge in [0.05, 0.1) is 25.9 Å². The number of likely N-dealkylation sites (tertiary alicyclic amines) is 1. The molecule has 3 aliphatic rings. The highest BCUT2D eigenvalue weighted by molar-refractivity contribution is 6.36. The number of nitrogens with zero attached hydrogens (tertiary/aromatic N) is 3. The maximum Gasteiger partial charge on any atom is 0.277 e. The molecule has 3 aliphatic heterocycles. The quantitative estimate of drug-likeness (QED) is 0.677. The Balaban J connectivity index is 1.64. The molecule has 4 rings (SSSR count). The van der Waals surface area contributed by atoms with Gasteiger partial charge in [-0.25, -0.2) is 0 Å². The van der Waals surface area contributed by atoms with Crippen LogP contribution in [0.15, 0.2) is 30.0 Å². The van der Waals surface area contributed by atoms with E-state index in [1.807, 2.05) is 24.3 Å². The summed E-state index contributed by atoms with van der Waals surface area (Å²) < 4.78 is 10.9. The van der Waals surface area contributed by atoms with Crippen LogP contribution in [0, 0.1) is 0 Å². The number of rotatable bonds is 6. The van der Waals surface area contributed by atoms with Crippen LogP contribution in [0.4, 0.5) is 0 Å². The van der Waals surface area contributed by atoms with Crippen LogP contribution in [-0.2, 0) is 14.3 Å². The monoisotopic (exact) mass is 399 g/mol. The zero-order chi connectivity index (χ0) is 20.2. The molecule has 2 fully saturated rings. The summed E-state index contributed by atoms with van der Waals surface area (Å²) >= 11 is 0. The lowest BCUT2D eigenvalue weighted by Gasteiger charge is -2.30. The highest BCUT2D eigenvalue weighted by Gasteiger charge is 2.42. The number of morpholine rings is 1. The lowest BCUT2D eigenvalue weighted by molar-refractivity contribution is -0.138. The lowest BCUT2D eigenvalue weighted by Crippen LogP contribution is -2.44. The van der Waals surface area contributed by atoms with Crippen molar-refractivity contribution in [2.24, 2.45) is 0 Å². The zero-order valence-corrected chi connectivity index (χ0v) is 17.1. The second-order valence-electron chi connectivity index (χ2n) is 7.69. The smallest absolute Gasteiger partial charge is 0.277 e. The third-order valence-corrected chi connectivity index (χ3v) is 5.94. The standard InChI is InChI=1S/C22H29N3O4/c1-28-18-8-4-3-7-17(18)19-20(24-9-5-2-6-10-24)22(27)25(21(19)26)12-11-23-13-15-29-16-14-23/h3-4,7-8H,2,5-6,9-16H2,1H3. The maximum absolute atomic E-state index is 13.4. The summed E-state index contributed by atoms with van der Waals surface area (Å²) in [5, 5.41) is 0. The number of amides is 2. The molecule has 0 atom stereocenters. The Morgan fingerprint density at radius 1 is 0.931 bits per heavy atom. The molecule has 7 nitrogen and oxygen atoms in total. The number of hydrogen-bond acceptors (Lipinski definition) is 6. The number of hydrogen-bond donors (Lipinski definition) is 0. The third kappa shape index (κ3) is 4.02. The normalized spacial score (nSPS) is 21.3. The summed E-state index contributed by atoms with van der Waals surface area (Å²) in [6, 6.07) is 7.47. The van der Waals surface area contributed by atoms with Crippen LogP contribution < -0.4 is 4.74 Å². The minimum atomic E-state index is -0.215. The Morgan fingerprint density at radius 3 is 2.38 bits per heavy atom. The van der Waals surface area contributed by atoms with Crippen LogP contribution >= 0.6 is 0 Å². The van der Waals surface area contributed by atoms with Crippen molar-refractivity contribution in [1.29, 1.82) is 0 Å². The highest BCUT2D eigenvalue weighted by Crippen LogP contribution is 2.36. The summed E-state index contributed by atoms with van der Waals surface area (Å²) in [5.41, 5.74) is 1.72. The first-order chi connectivity index (χ1) is 14.2. The molecular formula is C22H29N3O4. The van der Waals surface area contributed by atoms with Gasteiger partial charge in [0.1, 0.15) is 11.4 Å². The van der Waals surface area contributed by atoms with Gasteiger partial charge in [0, 0.05) is 44.8 Å². The molecule has 0 bridgehead atoms. The Kier molecular flexibility index (Phi) is 6.16. The average molecular weight is 399 g/mol. The molecule has 0 aliphatic carbocycles. The molecular weight excluding hydrogens is 370 g/mol. The predicted molar refractivity (Wildman–Crippen MR) is 109 cm³/mol. The molecule has 156 valence electrons. The first kappa shape index (κ1) is 19.9. The van der Waals surface area contributed by atoms with Gasteiger partial charge in [-0.15, -0.1) is 0 Å². The van der Waals surface area contributed by atoms with E-state index < -0.39 is 0 Å². The van der Waals surface area contributed by atoms with Gasteiger partial charge in [0.15, 0.2) is 0 Å². The van der Waals surface area contributed by atoms with Crippen LogP contribution in [0.2, 0.25) is 0 Å². The highest BCUT2D eigenvalue weighted by atomic mass is 16.5. The van der Waals surface area contributed by atoms with E-state index in [1.54, 1.807) is 7.11 Å². The first-order valence-corrected chi connectivity index (χ1v) is 10.5. The van der Waals surface area contributed by atoms with E-state index in [0.29, 0.717) is 48.9 Å². The molecule has 3 heterocycles. The summed E-state index contributed by atoms with van der Waals surface area (Å²) in [6.07, 6.45) is 3.24. The van der Waals surface area contributed by atoms with Gasteiger partial charge < -0.3 is 14.4 Å². The number of imide groups is 1. The molecule has 7 heteroatoms. The second-order valence-corrected chi connectivity index (χ2v) is 7.69. The van der Waals surface area contributed by atoms with E-state index >= 15 is 0 Å². The van der Waals surface area contributed by atoms with Gasteiger partial charge in [-0.05, 0) is 25.3 Å². The molecule has 0 saturated carbocycles. The molecule has 2 saturated heterocycles. The van der Waals surface area contributed by atoms with Crippen molar-refractivity contribution in [3.63, 3.8) is 0 Å². The third-order valence-electron chi connectivity index (χ3n) is 5.94. The van der Waals surface area contributed by atoms with Crippen molar-refractivity contribution < 1.29 is 19.1 Å². The van der Waals surface area contributed by atoms with Crippen LogP contribution in [0.5, 0.6) is 5.75 Å². The van der Waals surface area contributed by atoms with Crippen molar-refractivity contribution in [2.45, 2.75) is 19.3 Å². The number of carbonyl (C=O) groups excluding carboxylic acids is 2. The number of para-hydroxylation sites is 1. The molecule has 0 unspecified atom stereocenters. The maximum atomic E-state index is 13.4. The lowest BCUT2D eigenvalue weighted by atomic mass is 10.0. The largest absolute Gasteiger partial charge is 0.496 e. The number of piperidine rings is 1. The van der Waals surface area contributed by atoms with E-state index in [1.165, 1.54) is 4.90 Å². The summed E-state index contributed by atoms with van der Waals surface area (Å²) in [4.78, 5) is 32.6. The molecule has 1 aromatic carbocycles. The SMILES string of the molecule is COc1ccccc1C1=C(N2CCCCC2)C(=O)N(CCN2CCOCC2)C1=O. The average Bonchev–Trinajstić information content (AvgIpc) is 3.03. The van der Waals surface area contributed by atoms with Gasteiger partial charge >= 0.3 is 0 Å². The van der Waals surface area contributed by atoms with Crippen molar-refractivity contribution in [1.82, 2.24) is 14.7 Å². The van der Waals surface area contributed by atoms with Gasteiger partial charge in [-0.3, -0.25) is 19.4 Å². The van der Waals surface area contributed by atoms with Crippen LogP contribution in [-0.4, -0.2) is 86.1 Å². The van der Waals surface area contributed by atoms with Gasteiger partial charge in [0.25, 0.3) is 11.8 Å². The predicted octanol–water partition coefficient (Wildman–Crippen LogP) is 1.59. The van der Waals surface area contributed by atoms with E-state index in [4.69, 9.17) is 9.47 Å². The van der Waals surface area contributed by atoms with Gasteiger partial charge in [0.2, 0.25) is 0 Å². The zero-order valence-electron chi connectivity index (χ0n) is 17.1. The fourth-order valence-corrected chi connectivity index (χ4v) is 4.34. The fraction of sp³-hybridized carbons (Fsp3) is 0.545. The Labute approximate surface area is 171 Å². The molecule has 0 N–H and O–H groups in total. The molecule has 1 aromatic rings. The second kappa shape index (κ2) is 8.97. The molecule has 0 aromatic heterocycles. The van der Waals surface area contributed by atoms with E-state index in [2.05, 4.69) is 9.80 Å². The fourth-order valence-electron chi connectivity index (χ4n) is 4.34. The van der Waals surface area contributed by atoms with Crippen molar-refractivity contribution >= 4 is 17.4 Å². The topological polar surface area (TPSA) is 62.3 Å². The summed E-state index contributed by atoms with van der Waals surface area (Å²) in [7, 11) is 1.59. The Morgan fingerprint density at radius 2 is 1.66 bits per heavy atom. The Hall–Kier alpha value is -2.38.